The molecule has 0 saturated heterocycles. The van der Waals surface area contributed by atoms with Crippen LogP contribution in [0.15, 0.2) is 65.0 Å². The number of rotatable bonds is 6. The molecule has 192 valence electrons. The lowest BCUT2D eigenvalue weighted by atomic mass is 10.1. The van der Waals surface area contributed by atoms with Gasteiger partial charge in [0.25, 0.3) is 0 Å². The van der Waals surface area contributed by atoms with Gasteiger partial charge in [-0.1, -0.05) is 0 Å². The minimum Gasteiger partial charge on any atom is -0.456 e. The Balaban J connectivity index is 1.59. The van der Waals surface area contributed by atoms with Crippen LogP contribution in [0.3, 0.4) is 0 Å². The van der Waals surface area contributed by atoms with Crippen LogP contribution < -0.4 is 9.46 Å². The molecule has 8 nitrogen and oxygen atoms in total. The highest BCUT2D eigenvalue weighted by Gasteiger charge is 2.36. The van der Waals surface area contributed by atoms with Crippen molar-refractivity contribution in [2.24, 2.45) is 0 Å². The van der Waals surface area contributed by atoms with Gasteiger partial charge in [0, 0.05) is 29.3 Å². The Labute approximate surface area is 215 Å². The predicted octanol–water partition coefficient (Wildman–Crippen LogP) is 6.80. The van der Waals surface area contributed by atoms with Crippen molar-refractivity contribution in [3.8, 4) is 28.8 Å². The standard InChI is InChI=1S/C24H20F3N5O3S2/c1-23(2,3)32-19(13-21(30-32)24(25,26)27)15-4-6-17(7-5-15)35-20-9-8-18(12-16(20)14-28)37(33,34)31-22-29-10-11-36-22/h4-13H,1-3H3,(H-,29,31,33,34)/p+1. The van der Waals surface area contributed by atoms with E-state index in [1.54, 1.807) is 50.4 Å². The SMILES string of the molecule is CC(C)(C)n1nc(C(F)(F)F)cc1-c1ccc(Oc2ccc([S+](=O)(O)Nc3nccs3)cc2C#N)cc1. The third kappa shape index (κ3) is 5.82. The van der Waals surface area contributed by atoms with Crippen LogP contribution in [0.2, 0.25) is 0 Å². The van der Waals surface area contributed by atoms with E-state index in [0.717, 1.165) is 17.4 Å². The second-order valence-corrected chi connectivity index (χ2v) is 11.5. The molecule has 4 rings (SSSR count). The Morgan fingerprint density at radius 3 is 2.41 bits per heavy atom. The van der Waals surface area contributed by atoms with Crippen LogP contribution in [0, 0.1) is 11.3 Å². The first-order valence-corrected chi connectivity index (χ1v) is 13.1. The lowest BCUT2D eigenvalue weighted by Gasteiger charge is -2.22. The summed E-state index contributed by atoms with van der Waals surface area (Å²) < 4.78 is 72.5. The summed E-state index contributed by atoms with van der Waals surface area (Å²) in [6, 6.07) is 13.2. The van der Waals surface area contributed by atoms with E-state index in [1.165, 1.54) is 29.1 Å². The summed E-state index contributed by atoms with van der Waals surface area (Å²) in [5.41, 5.74) is -0.878. The lowest BCUT2D eigenvalue weighted by molar-refractivity contribution is -0.141. The smallest absolute Gasteiger partial charge is 0.435 e. The number of nitrogens with zero attached hydrogens (tertiary/aromatic N) is 4. The van der Waals surface area contributed by atoms with Gasteiger partial charge < -0.3 is 4.74 Å². The fourth-order valence-corrected chi connectivity index (χ4v) is 5.21. The summed E-state index contributed by atoms with van der Waals surface area (Å²) >= 11 is 1.15. The summed E-state index contributed by atoms with van der Waals surface area (Å²) in [5, 5.41) is 15.2. The predicted molar refractivity (Wildman–Crippen MR) is 134 cm³/mol. The van der Waals surface area contributed by atoms with Gasteiger partial charge in [-0.15, -0.1) is 16.1 Å². The van der Waals surface area contributed by atoms with E-state index in [1.807, 2.05) is 6.07 Å². The maximum atomic E-state index is 13.3. The number of halogens is 3. The van der Waals surface area contributed by atoms with Crippen molar-refractivity contribution in [1.29, 1.82) is 5.26 Å². The van der Waals surface area contributed by atoms with Crippen LogP contribution >= 0.6 is 11.3 Å². The molecule has 2 N–H and O–H groups in total. The summed E-state index contributed by atoms with van der Waals surface area (Å²) in [5.74, 6) is 0.457. The van der Waals surface area contributed by atoms with Gasteiger partial charge in [0.05, 0.1) is 16.8 Å². The van der Waals surface area contributed by atoms with Gasteiger partial charge >= 0.3 is 16.6 Å². The molecule has 0 spiro atoms. The second kappa shape index (κ2) is 9.62. The van der Waals surface area contributed by atoms with Gasteiger partial charge in [0.1, 0.15) is 17.6 Å². The van der Waals surface area contributed by atoms with Crippen LogP contribution in [0.5, 0.6) is 11.5 Å². The third-order valence-corrected chi connectivity index (χ3v) is 7.24. The monoisotopic (exact) mass is 548 g/mol. The van der Waals surface area contributed by atoms with Crippen LogP contribution in [-0.4, -0.2) is 19.3 Å². The number of hydrogen-bond acceptors (Lipinski definition) is 6. The van der Waals surface area contributed by atoms with Gasteiger partial charge in [-0.3, -0.25) is 4.68 Å². The number of benzene rings is 2. The van der Waals surface area contributed by atoms with Crippen molar-refractivity contribution in [3.05, 3.63) is 71.4 Å². The lowest BCUT2D eigenvalue weighted by Crippen LogP contribution is -2.24. The normalized spacial score (nSPS) is 13.6. The molecule has 2 aromatic heterocycles. The van der Waals surface area contributed by atoms with E-state index in [0.29, 0.717) is 17.0 Å². The highest BCUT2D eigenvalue weighted by atomic mass is 32.3. The molecular formula is C24H21F3N5O3S2+. The zero-order chi connectivity index (χ0) is 27.0. The van der Waals surface area contributed by atoms with E-state index >= 15 is 0 Å². The van der Waals surface area contributed by atoms with Crippen molar-refractivity contribution in [3.63, 3.8) is 0 Å². The number of alkyl halides is 3. The average molecular weight is 549 g/mol. The molecule has 13 heteroatoms. The summed E-state index contributed by atoms with van der Waals surface area (Å²) in [4.78, 5) is 3.89. The largest absolute Gasteiger partial charge is 0.456 e. The van der Waals surface area contributed by atoms with Gasteiger partial charge in [-0.25, -0.2) is 4.98 Å². The van der Waals surface area contributed by atoms with Crippen LogP contribution in [0.4, 0.5) is 18.3 Å². The molecule has 1 unspecified atom stereocenters. The van der Waals surface area contributed by atoms with Gasteiger partial charge in [0.2, 0.25) is 10.0 Å². The minimum absolute atomic E-state index is 0.0184. The number of ether oxygens (including phenoxy) is 1. The quantitative estimate of drug-likeness (QED) is 0.256. The molecule has 0 aliphatic heterocycles. The van der Waals surface area contributed by atoms with E-state index in [9.17, 15) is 27.2 Å². The molecule has 0 aliphatic rings. The highest BCUT2D eigenvalue weighted by molar-refractivity contribution is 7.99. The number of thiazole rings is 1. The number of nitrogens with one attached hydrogen (secondary N) is 1. The van der Waals surface area contributed by atoms with Gasteiger partial charge in [0.15, 0.2) is 5.69 Å². The first kappa shape index (κ1) is 26.3. The molecule has 0 saturated carbocycles. The molecule has 37 heavy (non-hydrogen) atoms. The molecule has 1 atom stereocenters. The zero-order valence-corrected chi connectivity index (χ0v) is 21.4. The number of nitriles is 1. The van der Waals surface area contributed by atoms with Gasteiger partial charge in [-0.05, 0) is 61.4 Å². The van der Waals surface area contributed by atoms with Crippen molar-refractivity contribution >= 4 is 26.9 Å². The fraction of sp³-hybridized carbons (Fsp3) is 0.208. The van der Waals surface area contributed by atoms with E-state index < -0.39 is 27.8 Å². The molecule has 0 bridgehead atoms. The number of aromatic nitrogens is 3. The van der Waals surface area contributed by atoms with Crippen LogP contribution in [-0.2, 0) is 26.3 Å². The Morgan fingerprint density at radius 1 is 1.14 bits per heavy atom. The Bertz CT molecular complexity index is 1500. The summed E-state index contributed by atoms with van der Waals surface area (Å²) in [6.07, 6.45) is -3.10. The maximum absolute atomic E-state index is 13.3. The molecular weight excluding hydrogens is 527 g/mol. The summed E-state index contributed by atoms with van der Waals surface area (Å²) in [6.45, 7) is 5.27. The highest BCUT2D eigenvalue weighted by Crippen LogP contribution is 2.36. The zero-order valence-electron chi connectivity index (χ0n) is 19.8. The van der Waals surface area contributed by atoms with E-state index in [4.69, 9.17) is 4.74 Å². The molecule has 0 radical (unpaired) electrons. The molecule has 0 fully saturated rings. The van der Waals surface area contributed by atoms with Crippen LogP contribution in [0.25, 0.3) is 11.3 Å². The molecule has 2 heterocycles. The first-order chi connectivity index (χ1) is 17.3. The second-order valence-electron chi connectivity index (χ2n) is 8.86. The fourth-order valence-electron chi connectivity index (χ4n) is 3.37. The maximum Gasteiger partial charge on any atom is 0.435 e. The van der Waals surface area contributed by atoms with Crippen molar-refractivity contribution in [2.75, 3.05) is 4.72 Å². The van der Waals surface area contributed by atoms with Crippen LogP contribution in [0.1, 0.15) is 32.0 Å². The Morgan fingerprint density at radius 2 is 1.84 bits per heavy atom. The third-order valence-electron chi connectivity index (χ3n) is 5.06. The van der Waals surface area contributed by atoms with Crippen molar-refractivity contribution < 1.29 is 26.7 Å². The topological polar surface area (TPSA) is 113 Å². The van der Waals surface area contributed by atoms with E-state index in [2.05, 4.69) is 14.8 Å². The number of anilines is 1. The number of hydrogen-bond donors (Lipinski definition) is 2. The average Bonchev–Trinajstić information content (AvgIpc) is 3.49. The van der Waals surface area contributed by atoms with Crippen molar-refractivity contribution in [1.82, 2.24) is 14.8 Å². The van der Waals surface area contributed by atoms with Gasteiger partial charge in [-0.2, -0.15) is 28.1 Å². The minimum atomic E-state index is -4.58. The Kier molecular flexibility index (Phi) is 6.85. The molecule has 0 amide bonds. The Hall–Kier alpha value is -3.73. The molecule has 0 aliphatic carbocycles. The molecule has 2 aromatic carbocycles. The van der Waals surface area contributed by atoms with E-state index in [-0.39, 0.29) is 21.3 Å². The molecule has 4 aromatic rings. The van der Waals surface area contributed by atoms with Crippen molar-refractivity contribution in [2.45, 2.75) is 37.4 Å². The first-order valence-electron chi connectivity index (χ1n) is 10.7. The summed E-state index contributed by atoms with van der Waals surface area (Å²) in [7, 11) is -3.71.